The summed E-state index contributed by atoms with van der Waals surface area (Å²) >= 11 is 7.62. The van der Waals surface area contributed by atoms with Crippen LogP contribution in [-0.4, -0.2) is 9.78 Å². The number of hydrogen-bond donors (Lipinski definition) is 0. The van der Waals surface area contributed by atoms with Gasteiger partial charge in [-0.15, -0.1) is 0 Å². The first-order chi connectivity index (χ1) is 12.1. The minimum atomic E-state index is -0.288. The Kier molecular flexibility index (Phi) is 4.36. The molecule has 6 heteroatoms. The molecule has 0 fully saturated rings. The molecule has 3 aromatic rings. The molecule has 2 heterocycles. The lowest BCUT2D eigenvalue weighted by Gasteiger charge is -2.12. The fourth-order valence-electron chi connectivity index (χ4n) is 2.92. The largest absolute Gasteiger partial charge is 0.271 e. The van der Waals surface area contributed by atoms with Gasteiger partial charge in [-0.25, -0.2) is 9.07 Å². The maximum Gasteiger partial charge on any atom is 0.271 e. The number of thioether (sulfide) groups is 1. The second-order valence-corrected chi connectivity index (χ2v) is 7.32. The molecule has 1 aliphatic rings. The zero-order valence-electron chi connectivity index (χ0n) is 13.2. The first-order valence-corrected chi connectivity index (χ1v) is 9.36. The van der Waals surface area contributed by atoms with Gasteiger partial charge in [0.15, 0.2) is 0 Å². The van der Waals surface area contributed by atoms with E-state index in [0.29, 0.717) is 17.3 Å². The molecule has 0 spiro atoms. The molecule has 1 aliphatic heterocycles. The lowest BCUT2D eigenvalue weighted by Crippen LogP contribution is -2.27. The molecule has 0 radical (unpaired) electrons. The van der Waals surface area contributed by atoms with Crippen molar-refractivity contribution >= 4 is 23.4 Å². The summed E-state index contributed by atoms with van der Waals surface area (Å²) in [5.74, 6) is 1.15. The molecule has 0 aliphatic carbocycles. The predicted molar refractivity (Wildman–Crippen MR) is 99.4 cm³/mol. The predicted octanol–water partition coefficient (Wildman–Crippen LogP) is 4.50. The zero-order valence-corrected chi connectivity index (χ0v) is 14.8. The molecule has 0 N–H and O–H groups in total. The molecule has 0 unspecified atom stereocenters. The van der Waals surface area contributed by atoms with Crippen molar-refractivity contribution in [3.8, 4) is 11.3 Å². The van der Waals surface area contributed by atoms with Gasteiger partial charge in [0.25, 0.3) is 5.56 Å². The Morgan fingerprint density at radius 1 is 1.04 bits per heavy atom. The molecule has 2 aromatic carbocycles. The van der Waals surface area contributed by atoms with Gasteiger partial charge in [-0.05, 0) is 47.5 Å². The van der Waals surface area contributed by atoms with Crippen LogP contribution in [0.5, 0.6) is 0 Å². The van der Waals surface area contributed by atoms with Gasteiger partial charge < -0.3 is 0 Å². The van der Waals surface area contributed by atoms with Crippen LogP contribution in [0.1, 0.15) is 16.7 Å². The van der Waals surface area contributed by atoms with Gasteiger partial charge in [0, 0.05) is 27.7 Å². The number of rotatable bonds is 3. The summed E-state index contributed by atoms with van der Waals surface area (Å²) in [6.07, 6.45) is 0. The standard InChI is InChI=1S/C19H14ClFN2OS/c20-14-5-1-12(2-6-14)9-23-19(24)17-11-25-10-16(17)18(22-23)13-3-7-15(21)8-4-13/h1-8H,9-11H2. The van der Waals surface area contributed by atoms with E-state index in [0.717, 1.165) is 33.7 Å². The highest BCUT2D eigenvalue weighted by Crippen LogP contribution is 2.34. The quantitative estimate of drug-likeness (QED) is 0.679. The van der Waals surface area contributed by atoms with Crippen LogP contribution in [-0.2, 0) is 18.1 Å². The number of hydrogen-bond acceptors (Lipinski definition) is 3. The van der Waals surface area contributed by atoms with Crippen molar-refractivity contribution < 1.29 is 4.39 Å². The molecule has 0 bridgehead atoms. The van der Waals surface area contributed by atoms with Crippen LogP contribution < -0.4 is 5.56 Å². The van der Waals surface area contributed by atoms with E-state index in [1.54, 1.807) is 36.0 Å². The maximum absolute atomic E-state index is 13.2. The van der Waals surface area contributed by atoms with Crippen LogP contribution in [0.2, 0.25) is 5.02 Å². The molecule has 126 valence electrons. The van der Waals surface area contributed by atoms with Gasteiger partial charge in [0.1, 0.15) is 5.82 Å². The number of fused-ring (bicyclic) bond motifs is 1. The highest BCUT2D eigenvalue weighted by atomic mass is 35.5. The Hall–Kier alpha value is -2.11. The molecule has 0 atom stereocenters. The van der Waals surface area contributed by atoms with Crippen LogP contribution in [0.3, 0.4) is 0 Å². The van der Waals surface area contributed by atoms with E-state index < -0.39 is 0 Å². The highest BCUT2D eigenvalue weighted by Gasteiger charge is 2.23. The molecule has 4 rings (SSSR count). The van der Waals surface area contributed by atoms with Crippen LogP contribution in [0, 0.1) is 5.82 Å². The van der Waals surface area contributed by atoms with Gasteiger partial charge in [0.05, 0.1) is 12.2 Å². The Morgan fingerprint density at radius 2 is 1.72 bits per heavy atom. The maximum atomic E-state index is 13.2. The van der Waals surface area contributed by atoms with Crippen molar-refractivity contribution in [2.45, 2.75) is 18.1 Å². The summed E-state index contributed by atoms with van der Waals surface area (Å²) in [7, 11) is 0. The van der Waals surface area contributed by atoms with Gasteiger partial charge >= 0.3 is 0 Å². The molecule has 0 saturated heterocycles. The normalized spacial score (nSPS) is 13.0. The molecule has 3 nitrogen and oxygen atoms in total. The van der Waals surface area contributed by atoms with E-state index in [-0.39, 0.29) is 11.4 Å². The van der Waals surface area contributed by atoms with Crippen molar-refractivity contribution in [2.24, 2.45) is 0 Å². The van der Waals surface area contributed by atoms with Crippen molar-refractivity contribution in [1.82, 2.24) is 9.78 Å². The summed E-state index contributed by atoms with van der Waals surface area (Å²) < 4.78 is 14.7. The van der Waals surface area contributed by atoms with Crippen molar-refractivity contribution in [3.63, 3.8) is 0 Å². The molecule has 0 saturated carbocycles. The third kappa shape index (κ3) is 3.22. The monoisotopic (exact) mass is 372 g/mol. The number of halogens is 2. The second-order valence-electron chi connectivity index (χ2n) is 5.89. The fourth-order valence-corrected chi connectivity index (χ4v) is 4.17. The molecule has 0 amide bonds. The highest BCUT2D eigenvalue weighted by molar-refractivity contribution is 7.98. The van der Waals surface area contributed by atoms with Crippen LogP contribution in [0.4, 0.5) is 4.39 Å². The molecule has 25 heavy (non-hydrogen) atoms. The van der Waals surface area contributed by atoms with Gasteiger partial charge in [-0.1, -0.05) is 23.7 Å². The lowest BCUT2D eigenvalue weighted by atomic mass is 10.0. The molecular weight excluding hydrogens is 359 g/mol. The van der Waals surface area contributed by atoms with Crippen molar-refractivity contribution in [2.75, 3.05) is 0 Å². The number of benzene rings is 2. The Balaban J connectivity index is 1.82. The minimum Gasteiger partial charge on any atom is -0.267 e. The van der Waals surface area contributed by atoms with Crippen molar-refractivity contribution in [1.29, 1.82) is 0 Å². The first kappa shape index (κ1) is 16.4. The summed E-state index contributed by atoms with van der Waals surface area (Å²) in [6.45, 7) is 0.377. The number of aromatic nitrogens is 2. The summed E-state index contributed by atoms with van der Waals surface area (Å²) in [5, 5.41) is 5.25. The van der Waals surface area contributed by atoms with Crippen LogP contribution in [0.25, 0.3) is 11.3 Å². The minimum absolute atomic E-state index is 0.0548. The third-order valence-electron chi connectivity index (χ3n) is 4.22. The van der Waals surface area contributed by atoms with Crippen LogP contribution >= 0.6 is 23.4 Å². The summed E-state index contributed by atoms with van der Waals surface area (Å²) in [6, 6.07) is 13.6. The summed E-state index contributed by atoms with van der Waals surface area (Å²) in [4.78, 5) is 12.8. The van der Waals surface area contributed by atoms with E-state index in [1.165, 1.54) is 16.8 Å². The Morgan fingerprint density at radius 3 is 2.44 bits per heavy atom. The zero-order chi connectivity index (χ0) is 17.4. The average molecular weight is 373 g/mol. The lowest BCUT2D eigenvalue weighted by molar-refractivity contribution is 0.626. The van der Waals surface area contributed by atoms with Crippen molar-refractivity contribution in [3.05, 3.63) is 86.4 Å². The van der Waals surface area contributed by atoms with E-state index in [9.17, 15) is 9.18 Å². The van der Waals surface area contributed by atoms with Gasteiger partial charge in [-0.3, -0.25) is 4.79 Å². The fraction of sp³-hybridized carbons (Fsp3) is 0.158. The van der Waals surface area contributed by atoms with Gasteiger partial charge in [-0.2, -0.15) is 16.9 Å². The van der Waals surface area contributed by atoms with E-state index in [4.69, 9.17) is 11.6 Å². The first-order valence-electron chi connectivity index (χ1n) is 7.83. The Bertz CT molecular complexity index is 984. The Labute approximate surface area is 153 Å². The van der Waals surface area contributed by atoms with Gasteiger partial charge in [0.2, 0.25) is 0 Å². The molecular formula is C19H14ClFN2OS. The smallest absolute Gasteiger partial charge is 0.267 e. The van der Waals surface area contributed by atoms with Crippen LogP contribution in [0.15, 0.2) is 53.3 Å². The van der Waals surface area contributed by atoms with E-state index in [2.05, 4.69) is 5.10 Å². The van der Waals surface area contributed by atoms with E-state index in [1.807, 2.05) is 12.1 Å². The third-order valence-corrected chi connectivity index (χ3v) is 5.46. The van der Waals surface area contributed by atoms with E-state index >= 15 is 0 Å². The molecule has 1 aromatic heterocycles. The SMILES string of the molecule is O=c1c2c(c(-c3ccc(F)cc3)nn1Cc1ccc(Cl)cc1)CSC2. The second kappa shape index (κ2) is 6.65. The average Bonchev–Trinajstić information content (AvgIpc) is 3.10. The summed E-state index contributed by atoms with van der Waals surface area (Å²) in [5.41, 5.74) is 4.25. The number of nitrogens with zero attached hydrogens (tertiary/aromatic N) is 2. The topological polar surface area (TPSA) is 34.9 Å².